The average molecular weight is 324 g/mol. The van der Waals surface area contributed by atoms with Crippen LogP contribution in [0.4, 0.5) is 0 Å². The third kappa shape index (κ3) is 5.70. The van der Waals surface area contributed by atoms with E-state index >= 15 is 0 Å². The van der Waals surface area contributed by atoms with Crippen molar-refractivity contribution in [2.45, 2.75) is 18.9 Å². The van der Waals surface area contributed by atoms with Gasteiger partial charge in [-0.2, -0.15) is 0 Å². The Morgan fingerprint density at radius 3 is 2.21 bits per heavy atom. The van der Waals surface area contributed by atoms with Gasteiger partial charge in [0.2, 0.25) is 5.91 Å². The van der Waals surface area contributed by atoms with Crippen LogP contribution in [-0.2, 0) is 16.0 Å². The summed E-state index contributed by atoms with van der Waals surface area (Å²) in [6, 6.07) is 18.2. The van der Waals surface area contributed by atoms with Crippen LogP contribution in [0.5, 0.6) is 0 Å². The summed E-state index contributed by atoms with van der Waals surface area (Å²) in [6.45, 7) is 0. The number of carboxylic acid groups (broad SMARTS) is 1. The minimum Gasteiger partial charge on any atom is -0.477 e. The second-order valence-corrected chi connectivity index (χ2v) is 5.48. The standard InChI is InChI=1S/C19H20N2O3/c20-16(11-14-7-3-1-4-8-14)13-18(22)21-17(19(23)24)12-15-9-5-2-6-10-15/h1-10,12,16H,11,13,20H2,(H,21,22)(H,23,24)/b17-12-/t16-/m0/s1. The van der Waals surface area contributed by atoms with Crippen molar-refractivity contribution in [1.82, 2.24) is 5.32 Å². The fourth-order valence-electron chi connectivity index (χ4n) is 2.30. The molecule has 0 aliphatic rings. The smallest absolute Gasteiger partial charge is 0.352 e. The molecule has 0 saturated heterocycles. The van der Waals surface area contributed by atoms with Gasteiger partial charge in [0.25, 0.3) is 0 Å². The summed E-state index contributed by atoms with van der Waals surface area (Å²) >= 11 is 0. The van der Waals surface area contributed by atoms with Crippen molar-refractivity contribution in [3.05, 3.63) is 77.5 Å². The van der Waals surface area contributed by atoms with E-state index < -0.39 is 11.9 Å². The van der Waals surface area contributed by atoms with Gasteiger partial charge in [0.1, 0.15) is 5.70 Å². The van der Waals surface area contributed by atoms with Gasteiger partial charge in [-0.05, 0) is 23.6 Å². The van der Waals surface area contributed by atoms with Gasteiger partial charge in [-0.15, -0.1) is 0 Å². The number of carboxylic acids is 1. The first-order chi connectivity index (χ1) is 11.5. The lowest BCUT2D eigenvalue weighted by atomic mass is 10.0. The molecule has 0 aromatic heterocycles. The zero-order valence-corrected chi connectivity index (χ0v) is 13.2. The van der Waals surface area contributed by atoms with E-state index in [-0.39, 0.29) is 18.2 Å². The molecule has 2 rings (SSSR count). The van der Waals surface area contributed by atoms with Crippen LogP contribution in [0.3, 0.4) is 0 Å². The molecule has 0 spiro atoms. The highest BCUT2D eigenvalue weighted by Gasteiger charge is 2.15. The zero-order chi connectivity index (χ0) is 17.4. The van der Waals surface area contributed by atoms with E-state index in [0.717, 1.165) is 5.56 Å². The highest BCUT2D eigenvalue weighted by molar-refractivity contribution is 5.96. The number of carbonyl (C=O) groups excluding carboxylic acids is 1. The van der Waals surface area contributed by atoms with Gasteiger partial charge in [0, 0.05) is 12.5 Å². The number of hydrogen-bond acceptors (Lipinski definition) is 3. The fraction of sp³-hybridized carbons (Fsp3) is 0.158. The van der Waals surface area contributed by atoms with Crippen molar-refractivity contribution in [3.63, 3.8) is 0 Å². The highest BCUT2D eigenvalue weighted by atomic mass is 16.4. The minimum atomic E-state index is -1.19. The number of nitrogens with two attached hydrogens (primary N) is 1. The Balaban J connectivity index is 1.96. The molecule has 24 heavy (non-hydrogen) atoms. The Morgan fingerprint density at radius 1 is 1.04 bits per heavy atom. The third-order valence-corrected chi connectivity index (χ3v) is 3.40. The molecule has 0 bridgehead atoms. The van der Waals surface area contributed by atoms with Crippen molar-refractivity contribution in [1.29, 1.82) is 0 Å². The SMILES string of the molecule is N[C@H](CC(=O)N/C(=C\c1ccccc1)C(=O)O)Cc1ccccc1. The van der Waals surface area contributed by atoms with E-state index in [0.29, 0.717) is 12.0 Å². The molecular formula is C19H20N2O3. The van der Waals surface area contributed by atoms with Crippen LogP contribution < -0.4 is 11.1 Å². The second kappa shape index (κ2) is 8.64. The number of amides is 1. The van der Waals surface area contributed by atoms with E-state index in [1.807, 2.05) is 36.4 Å². The molecule has 4 N–H and O–H groups in total. The van der Waals surface area contributed by atoms with Crippen molar-refractivity contribution < 1.29 is 14.7 Å². The summed E-state index contributed by atoms with van der Waals surface area (Å²) in [5, 5.41) is 11.7. The molecule has 0 heterocycles. The van der Waals surface area contributed by atoms with Gasteiger partial charge in [0.05, 0.1) is 0 Å². The van der Waals surface area contributed by atoms with Crippen LogP contribution in [0.2, 0.25) is 0 Å². The van der Waals surface area contributed by atoms with Crippen LogP contribution >= 0.6 is 0 Å². The quantitative estimate of drug-likeness (QED) is 0.681. The Hall–Kier alpha value is -2.92. The normalized spacial score (nSPS) is 12.5. The lowest BCUT2D eigenvalue weighted by Gasteiger charge is -2.12. The number of aliphatic carboxylic acids is 1. The first-order valence-electron chi connectivity index (χ1n) is 7.64. The third-order valence-electron chi connectivity index (χ3n) is 3.40. The van der Waals surface area contributed by atoms with E-state index in [1.54, 1.807) is 24.3 Å². The Morgan fingerprint density at radius 2 is 1.62 bits per heavy atom. The Kier molecular flexibility index (Phi) is 6.28. The number of carbonyl (C=O) groups is 2. The van der Waals surface area contributed by atoms with Crippen molar-refractivity contribution in [3.8, 4) is 0 Å². The highest BCUT2D eigenvalue weighted by Crippen LogP contribution is 2.07. The molecule has 0 aliphatic heterocycles. The monoisotopic (exact) mass is 324 g/mol. The topological polar surface area (TPSA) is 92.4 Å². The number of nitrogens with one attached hydrogen (secondary N) is 1. The van der Waals surface area contributed by atoms with Crippen LogP contribution in [0.25, 0.3) is 6.08 Å². The molecular weight excluding hydrogens is 304 g/mol. The maximum absolute atomic E-state index is 12.1. The molecule has 2 aromatic carbocycles. The molecule has 5 nitrogen and oxygen atoms in total. The second-order valence-electron chi connectivity index (χ2n) is 5.48. The van der Waals surface area contributed by atoms with E-state index in [1.165, 1.54) is 6.08 Å². The molecule has 0 fully saturated rings. The molecule has 2 aromatic rings. The van der Waals surface area contributed by atoms with Gasteiger partial charge in [0.15, 0.2) is 0 Å². The average Bonchev–Trinajstić information content (AvgIpc) is 2.55. The first-order valence-corrected chi connectivity index (χ1v) is 7.64. The lowest BCUT2D eigenvalue weighted by Crippen LogP contribution is -2.34. The van der Waals surface area contributed by atoms with E-state index in [9.17, 15) is 14.7 Å². The first kappa shape index (κ1) is 17.4. The van der Waals surface area contributed by atoms with Crippen molar-refractivity contribution >= 4 is 18.0 Å². The molecule has 1 amide bonds. The van der Waals surface area contributed by atoms with Crippen LogP contribution in [0.15, 0.2) is 66.4 Å². The van der Waals surface area contributed by atoms with Crippen LogP contribution in [0.1, 0.15) is 17.5 Å². The molecule has 0 aliphatic carbocycles. The van der Waals surface area contributed by atoms with Gasteiger partial charge in [-0.25, -0.2) is 4.79 Å². The van der Waals surface area contributed by atoms with Gasteiger partial charge >= 0.3 is 5.97 Å². The van der Waals surface area contributed by atoms with E-state index in [4.69, 9.17) is 5.73 Å². The molecule has 0 saturated carbocycles. The summed E-state index contributed by atoms with van der Waals surface area (Å²) < 4.78 is 0. The molecule has 124 valence electrons. The number of hydrogen-bond donors (Lipinski definition) is 3. The van der Waals surface area contributed by atoms with Gasteiger partial charge < -0.3 is 16.2 Å². The Labute approximate surface area is 140 Å². The fourth-order valence-corrected chi connectivity index (χ4v) is 2.30. The Bertz CT molecular complexity index is 712. The summed E-state index contributed by atoms with van der Waals surface area (Å²) in [6.07, 6.45) is 2.02. The summed E-state index contributed by atoms with van der Waals surface area (Å²) in [5.74, 6) is -1.60. The van der Waals surface area contributed by atoms with Crippen LogP contribution in [-0.4, -0.2) is 23.0 Å². The maximum atomic E-state index is 12.1. The number of rotatable bonds is 7. The summed E-state index contributed by atoms with van der Waals surface area (Å²) in [4.78, 5) is 23.4. The predicted octanol–water partition coefficient (Wildman–Crippen LogP) is 2.19. The lowest BCUT2D eigenvalue weighted by molar-refractivity contribution is -0.134. The largest absolute Gasteiger partial charge is 0.477 e. The zero-order valence-electron chi connectivity index (χ0n) is 13.2. The van der Waals surface area contributed by atoms with Crippen molar-refractivity contribution in [2.24, 2.45) is 5.73 Å². The van der Waals surface area contributed by atoms with E-state index in [2.05, 4.69) is 5.32 Å². The summed E-state index contributed by atoms with van der Waals surface area (Å²) in [7, 11) is 0. The maximum Gasteiger partial charge on any atom is 0.352 e. The molecule has 1 atom stereocenters. The van der Waals surface area contributed by atoms with Gasteiger partial charge in [-0.1, -0.05) is 60.7 Å². The van der Waals surface area contributed by atoms with Crippen LogP contribution in [0, 0.1) is 0 Å². The van der Waals surface area contributed by atoms with Gasteiger partial charge in [-0.3, -0.25) is 4.79 Å². The molecule has 5 heteroatoms. The summed E-state index contributed by atoms with van der Waals surface area (Å²) in [5.41, 5.74) is 7.55. The van der Waals surface area contributed by atoms with Crippen molar-refractivity contribution in [2.75, 3.05) is 0 Å². The minimum absolute atomic E-state index is 0.0499. The number of benzene rings is 2. The predicted molar refractivity (Wildman–Crippen MR) is 92.9 cm³/mol. The molecule has 0 unspecified atom stereocenters. The molecule has 0 radical (unpaired) electrons.